The highest BCUT2D eigenvalue weighted by molar-refractivity contribution is 5.91. The molecular weight excluding hydrogens is 406 g/mol. The zero-order valence-electron chi connectivity index (χ0n) is 19.0. The van der Waals surface area contributed by atoms with Crippen molar-refractivity contribution in [2.75, 3.05) is 24.4 Å². The van der Waals surface area contributed by atoms with Crippen molar-refractivity contribution >= 4 is 17.5 Å². The van der Waals surface area contributed by atoms with E-state index in [1.807, 2.05) is 19.1 Å². The number of rotatable bonds is 7. The molecule has 32 heavy (non-hydrogen) atoms. The summed E-state index contributed by atoms with van der Waals surface area (Å²) in [4.78, 5) is 25.1. The van der Waals surface area contributed by atoms with Crippen LogP contribution in [-0.4, -0.2) is 44.8 Å². The Labute approximate surface area is 187 Å². The molecule has 0 aliphatic heterocycles. The van der Waals surface area contributed by atoms with E-state index in [1.165, 1.54) is 18.4 Å². The second kappa shape index (κ2) is 9.04. The summed E-state index contributed by atoms with van der Waals surface area (Å²) in [5, 5.41) is 14.0. The molecule has 1 aliphatic rings. The summed E-state index contributed by atoms with van der Waals surface area (Å²) in [7, 11) is 1.48. The van der Waals surface area contributed by atoms with Crippen LogP contribution < -0.4 is 10.6 Å². The van der Waals surface area contributed by atoms with Crippen LogP contribution in [-0.2, 0) is 28.9 Å². The number of amides is 1. The van der Waals surface area contributed by atoms with Crippen molar-refractivity contribution in [3.05, 3.63) is 47.2 Å². The van der Waals surface area contributed by atoms with Gasteiger partial charge in [0.25, 0.3) is 5.91 Å². The maximum absolute atomic E-state index is 12.1. The minimum absolute atomic E-state index is 0.0394. The first kappa shape index (κ1) is 21.9. The topological polar surface area (TPSA) is 118 Å². The Hall–Kier alpha value is -3.33. The van der Waals surface area contributed by atoms with E-state index >= 15 is 0 Å². The van der Waals surface area contributed by atoms with Crippen molar-refractivity contribution in [1.82, 2.24) is 25.1 Å². The minimum Gasteiger partial charge on any atom is -0.375 e. The molecule has 0 bridgehead atoms. The fourth-order valence-electron chi connectivity index (χ4n) is 3.92. The Kier molecular flexibility index (Phi) is 6.18. The van der Waals surface area contributed by atoms with Crippen molar-refractivity contribution in [3.63, 3.8) is 0 Å². The molecule has 168 valence electrons. The Morgan fingerprint density at radius 2 is 1.97 bits per heavy atom. The molecule has 0 saturated heterocycles. The van der Waals surface area contributed by atoms with Gasteiger partial charge in [-0.3, -0.25) is 9.89 Å². The van der Waals surface area contributed by atoms with Gasteiger partial charge in [0.15, 0.2) is 0 Å². The largest absolute Gasteiger partial charge is 0.375 e. The number of hydrogen-bond acceptors (Lipinski definition) is 7. The van der Waals surface area contributed by atoms with Gasteiger partial charge >= 0.3 is 0 Å². The Bertz CT molecular complexity index is 1110. The quantitative estimate of drug-likeness (QED) is 0.521. The summed E-state index contributed by atoms with van der Waals surface area (Å²) in [5.74, 6) is 1.54. The monoisotopic (exact) mass is 435 g/mol. The fraction of sp³-hybridized carbons (Fsp3) is 0.435. The second-order valence-electron chi connectivity index (χ2n) is 8.97. The van der Waals surface area contributed by atoms with Crippen molar-refractivity contribution in [3.8, 4) is 11.3 Å². The number of pyridine rings is 1. The van der Waals surface area contributed by atoms with Crippen LogP contribution >= 0.6 is 0 Å². The first-order chi connectivity index (χ1) is 15.3. The van der Waals surface area contributed by atoms with Gasteiger partial charge in [-0.05, 0) is 43.7 Å². The first-order valence-electron chi connectivity index (χ1n) is 10.7. The number of nitrogens with one attached hydrogen (secondary N) is 3. The molecule has 1 aliphatic carbocycles. The predicted molar refractivity (Wildman–Crippen MR) is 122 cm³/mol. The third kappa shape index (κ3) is 5.11. The van der Waals surface area contributed by atoms with Crippen LogP contribution in [0.3, 0.4) is 0 Å². The van der Waals surface area contributed by atoms with Gasteiger partial charge in [0.2, 0.25) is 0 Å². The smallest absolute Gasteiger partial charge is 0.251 e. The molecule has 0 spiro atoms. The molecule has 3 aromatic heterocycles. The standard InChI is InChI=1S/C23H29N7O2/c1-14-24-10-15(11-25-14)12-26-19-7-16(8-20(27-19)28-21(31)13-32-4)22-17-5-6-23(2,3)9-18(17)29-30-22/h7-8,10-11H,5-6,9,12-13H2,1-4H3,(H,29,30)(H2,26,27,28,31). The maximum Gasteiger partial charge on any atom is 0.251 e. The lowest BCUT2D eigenvalue weighted by Crippen LogP contribution is -2.22. The number of aryl methyl sites for hydroxylation is 1. The number of carbonyl (C=O) groups is 1. The van der Waals surface area contributed by atoms with E-state index in [0.29, 0.717) is 18.2 Å². The molecule has 0 radical (unpaired) electrons. The van der Waals surface area contributed by atoms with Crippen LogP contribution in [0.5, 0.6) is 0 Å². The van der Waals surface area contributed by atoms with Crippen molar-refractivity contribution in [1.29, 1.82) is 0 Å². The lowest BCUT2D eigenvalue weighted by Gasteiger charge is -2.29. The summed E-state index contributed by atoms with van der Waals surface area (Å²) < 4.78 is 4.93. The van der Waals surface area contributed by atoms with Crippen molar-refractivity contribution < 1.29 is 9.53 Å². The van der Waals surface area contributed by atoms with E-state index in [1.54, 1.807) is 12.4 Å². The van der Waals surface area contributed by atoms with Gasteiger partial charge in [-0.25, -0.2) is 15.0 Å². The Morgan fingerprint density at radius 1 is 1.22 bits per heavy atom. The summed E-state index contributed by atoms with van der Waals surface area (Å²) >= 11 is 0. The van der Waals surface area contributed by atoms with Crippen LogP contribution in [0.15, 0.2) is 24.5 Å². The highest BCUT2D eigenvalue weighted by atomic mass is 16.5. The maximum atomic E-state index is 12.1. The summed E-state index contributed by atoms with van der Waals surface area (Å²) in [5.41, 5.74) is 5.42. The highest BCUT2D eigenvalue weighted by Crippen LogP contribution is 2.38. The van der Waals surface area contributed by atoms with Crippen molar-refractivity contribution in [2.24, 2.45) is 5.41 Å². The average Bonchev–Trinajstić information content (AvgIpc) is 3.15. The molecule has 3 aromatic rings. The third-order valence-electron chi connectivity index (χ3n) is 5.61. The molecule has 4 rings (SSSR count). The number of H-pyrrole nitrogens is 1. The van der Waals surface area contributed by atoms with Crippen LogP contribution in [0, 0.1) is 12.3 Å². The third-order valence-corrected chi connectivity index (χ3v) is 5.61. The molecule has 0 atom stereocenters. The van der Waals surface area contributed by atoms with Gasteiger partial charge < -0.3 is 15.4 Å². The van der Waals surface area contributed by atoms with E-state index < -0.39 is 0 Å². The molecule has 3 N–H and O–H groups in total. The zero-order valence-corrected chi connectivity index (χ0v) is 19.0. The Balaban J connectivity index is 1.64. The van der Waals surface area contributed by atoms with Gasteiger partial charge in [-0.15, -0.1) is 0 Å². The summed E-state index contributed by atoms with van der Waals surface area (Å²) in [6.07, 6.45) is 6.61. The lowest BCUT2D eigenvalue weighted by molar-refractivity contribution is -0.119. The second-order valence-corrected chi connectivity index (χ2v) is 8.97. The predicted octanol–water partition coefficient (Wildman–Crippen LogP) is 3.28. The lowest BCUT2D eigenvalue weighted by atomic mass is 9.76. The highest BCUT2D eigenvalue weighted by Gasteiger charge is 2.29. The van der Waals surface area contributed by atoms with Gasteiger partial charge in [0.05, 0.1) is 5.69 Å². The molecular formula is C23H29N7O2. The number of aromatic nitrogens is 5. The van der Waals surface area contributed by atoms with E-state index in [4.69, 9.17) is 4.74 Å². The molecule has 0 unspecified atom stereocenters. The number of aromatic amines is 1. The number of methoxy groups -OCH3 is 1. The SMILES string of the molecule is COCC(=O)Nc1cc(-c2n[nH]c3c2CCC(C)(C)C3)cc(NCc2cnc(C)nc2)n1. The zero-order chi connectivity index (χ0) is 22.7. The average molecular weight is 436 g/mol. The first-order valence-corrected chi connectivity index (χ1v) is 10.7. The van der Waals surface area contributed by atoms with Gasteiger partial charge in [-0.2, -0.15) is 5.10 Å². The summed E-state index contributed by atoms with van der Waals surface area (Å²) in [6.45, 7) is 6.88. The number of nitrogens with zero attached hydrogens (tertiary/aromatic N) is 4. The van der Waals surface area contributed by atoms with Gasteiger partial charge in [0.1, 0.15) is 24.1 Å². The molecule has 3 heterocycles. The fourth-order valence-corrected chi connectivity index (χ4v) is 3.92. The normalized spacial score (nSPS) is 14.6. The molecule has 1 amide bonds. The number of fused-ring (bicyclic) bond motifs is 1. The van der Waals surface area contributed by atoms with Gasteiger partial charge in [0, 0.05) is 48.4 Å². The van der Waals surface area contributed by atoms with E-state index in [9.17, 15) is 4.79 Å². The minimum atomic E-state index is -0.263. The number of hydrogen-bond donors (Lipinski definition) is 3. The van der Waals surface area contributed by atoms with E-state index in [-0.39, 0.29) is 17.9 Å². The number of ether oxygens (including phenoxy) is 1. The molecule has 9 heteroatoms. The van der Waals surface area contributed by atoms with Crippen LogP contribution in [0.2, 0.25) is 0 Å². The van der Waals surface area contributed by atoms with E-state index in [0.717, 1.165) is 41.9 Å². The van der Waals surface area contributed by atoms with Crippen LogP contribution in [0.25, 0.3) is 11.3 Å². The van der Waals surface area contributed by atoms with E-state index in [2.05, 4.69) is 49.6 Å². The number of anilines is 2. The summed E-state index contributed by atoms with van der Waals surface area (Å²) in [6, 6.07) is 3.81. The van der Waals surface area contributed by atoms with Crippen LogP contribution in [0.4, 0.5) is 11.6 Å². The molecule has 0 aromatic carbocycles. The van der Waals surface area contributed by atoms with Crippen molar-refractivity contribution in [2.45, 2.75) is 46.6 Å². The van der Waals surface area contributed by atoms with Crippen LogP contribution in [0.1, 0.15) is 42.9 Å². The molecule has 0 saturated carbocycles. The Morgan fingerprint density at radius 3 is 2.72 bits per heavy atom. The molecule has 9 nitrogen and oxygen atoms in total. The number of carbonyl (C=O) groups excluding carboxylic acids is 1. The molecule has 0 fully saturated rings. The van der Waals surface area contributed by atoms with Gasteiger partial charge in [-0.1, -0.05) is 13.8 Å².